The summed E-state index contributed by atoms with van der Waals surface area (Å²) < 4.78 is 5.16. The molecule has 0 heterocycles. The first-order valence-corrected chi connectivity index (χ1v) is 8.68. The van der Waals surface area contributed by atoms with Crippen LogP contribution in [0.3, 0.4) is 0 Å². The van der Waals surface area contributed by atoms with Crippen LogP contribution in [0.25, 0.3) is 0 Å². The summed E-state index contributed by atoms with van der Waals surface area (Å²) in [6.07, 6.45) is 6.01. The van der Waals surface area contributed by atoms with Crippen molar-refractivity contribution in [3.8, 4) is 5.75 Å². The van der Waals surface area contributed by atoms with Crippen LogP contribution in [0.15, 0.2) is 29.2 Å². The monoisotopic (exact) mass is 309 g/mol. The van der Waals surface area contributed by atoms with Gasteiger partial charge in [0.2, 0.25) is 5.91 Å². The van der Waals surface area contributed by atoms with E-state index in [0.29, 0.717) is 0 Å². The van der Waals surface area contributed by atoms with Gasteiger partial charge < -0.3 is 10.1 Å². The molecular weight excluding hydrogens is 282 g/mol. The first-order valence-electron chi connectivity index (χ1n) is 7.69. The number of benzene rings is 1. The van der Waals surface area contributed by atoms with Crippen LogP contribution in [0.5, 0.6) is 5.75 Å². The Morgan fingerprint density at radius 3 is 2.52 bits per heavy atom. The average molecular weight is 309 g/mol. The Morgan fingerprint density at radius 2 is 1.95 bits per heavy atom. The lowest BCUT2D eigenvalue weighted by Crippen LogP contribution is -2.34. The highest BCUT2D eigenvalue weighted by Crippen LogP contribution is 2.23. The molecule has 0 aliphatic heterocycles. The number of carbonyl (C=O) groups excluding carboxylic acids is 1. The third kappa shape index (κ3) is 8.00. The summed E-state index contributed by atoms with van der Waals surface area (Å²) in [6.45, 7) is 3.81. The Balaban J connectivity index is 2.41. The highest BCUT2D eigenvalue weighted by atomic mass is 32.2. The molecule has 1 rings (SSSR count). The summed E-state index contributed by atoms with van der Waals surface area (Å²) >= 11 is 1.78. The lowest BCUT2D eigenvalue weighted by atomic mass is 10.1. The Labute approximate surface area is 132 Å². The Hall–Kier alpha value is -1.16. The van der Waals surface area contributed by atoms with Gasteiger partial charge in [0, 0.05) is 23.6 Å². The first kappa shape index (κ1) is 17.9. The van der Waals surface area contributed by atoms with E-state index in [-0.39, 0.29) is 11.9 Å². The number of nitrogens with one attached hydrogen (secondary N) is 1. The predicted octanol–water partition coefficient (Wildman–Crippen LogP) is 4.26. The normalized spacial score (nSPS) is 12.0. The highest BCUT2D eigenvalue weighted by Gasteiger charge is 2.10. The second-order valence-corrected chi connectivity index (χ2v) is 6.33. The van der Waals surface area contributed by atoms with E-state index in [1.807, 2.05) is 12.1 Å². The minimum absolute atomic E-state index is 0.0609. The van der Waals surface area contributed by atoms with Crippen molar-refractivity contribution in [2.75, 3.05) is 12.9 Å². The van der Waals surface area contributed by atoms with Crippen LogP contribution >= 0.6 is 11.8 Å². The molecule has 0 bridgehead atoms. The minimum Gasteiger partial charge on any atom is -0.497 e. The molecule has 0 aliphatic carbocycles. The van der Waals surface area contributed by atoms with Gasteiger partial charge in [0.25, 0.3) is 0 Å². The van der Waals surface area contributed by atoms with Crippen LogP contribution in [0.2, 0.25) is 0 Å². The van der Waals surface area contributed by atoms with Crippen molar-refractivity contribution in [1.82, 2.24) is 5.32 Å². The van der Waals surface area contributed by atoms with E-state index in [0.717, 1.165) is 17.9 Å². The van der Waals surface area contributed by atoms with Crippen LogP contribution in [-0.2, 0) is 4.79 Å². The number of thioether (sulfide) groups is 1. The molecule has 1 aromatic carbocycles. The molecule has 4 heteroatoms. The Bertz CT molecular complexity index is 406. The molecule has 1 N–H and O–H groups in total. The fourth-order valence-electron chi connectivity index (χ4n) is 2.17. The van der Waals surface area contributed by atoms with Gasteiger partial charge in [0.15, 0.2) is 0 Å². The van der Waals surface area contributed by atoms with Crippen LogP contribution < -0.4 is 10.1 Å². The maximum atomic E-state index is 11.3. The standard InChI is InChI=1S/C17H27NO2S/c1-4-5-6-7-8-15(18-14(2)19)13-21-17-11-9-16(20-3)10-12-17/h9-12,15H,4-8,13H2,1-3H3,(H,18,19). The molecule has 0 radical (unpaired) electrons. The summed E-state index contributed by atoms with van der Waals surface area (Å²) in [6, 6.07) is 8.32. The molecule has 1 aromatic rings. The van der Waals surface area contributed by atoms with E-state index in [1.165, 1.54) is 30.6 Å². The van der Waals surface area contributed by atoms with E-state index < -0.39 is 0 Å². The minimum atomic E-state index is 0.0609. The zero-order valence-electron chi connectivity index (χ0n) is 13.4. The van der Waals surface area contributed by atoms with Crippen LogP contribution in [-0.4, -0.2) is 24.8 Å². The van der Waals surface area contributed by atoms with Gasteiger partial charge >= 0.3 is 0 Å². The average Bonchev–Trinajstić information content (AvgIpc) is 2.49. The van der Waals surface area contributed by atoms with Crippen LogP contribution in [0.1, 0.15) is 46.0 Å². The van der Waals surface area contributed by atoms with Crippen molar-refractivity contribution in [2.24, 2.45) is 0 Å². The van der Waals surface area contributed by atoms with E-state index >= 15 is 0 Å². The molecule has 0 aliphatic rings. The number of carbonyl (C=O) groups is 1. The molecule has 118 valence electrons. The summed E-state index contributed by atoms with van der Waals surface area (Å²) in [5, 5.41) is 3.07. The lowest BCUT2D eigenvalue weighted by Gasteiger charge is -2.17. The van der Waals surface area contributed by atoms with Gasteiger partial charge in [0.1, 0.15) is 5.75 Å². The van der Waals surface area contributed by atoms with Crippen LogP contribution in [0, 0.1) is 0 Å². The Kier molecular flexibility index (Phi) is 8.99. The topological polar surface area (TPSA) is 38.3 Å². The number of rotatable bonds is 10. The highest BCUT2D eigenvalue weighted by molar-refractivity contribution is 7.99. The molecule has 0 fully saturated rings. The third-order valence-electron chi connectivity index (χ3n) is 3.32. The molecule has 3 nitrogen and oxygen atoms in total. The van der Waals surface area contributed by atoms with E-state index in [1.54, 1.807) is 25.8 Å². The van der Waals surface area contributed by atoms with Gasteiger partial charge in [0.05, 0.1) is 7.11 Å². The number of hydrogen-bond donors (Lipinski definition) is 1. The van der Waals surface area contributed by atoms with Gasteiger partial charge in [-0.05, 0) is 30.7 Å². The van der Waals surface area contributed by atoms with Gasteiger partial charge in [-0.1, -0.05) is 32.6 Å². The van der Waals surface area contributed by atoms with Gasteiger partial charge in [-0.2, -0.15) is 0 Å². The number of ether oxygens (including phenoxy) is 1. The van der Waals surface area contributed by atoms with Crippen molar-refractivity contribution < 1.29 is 9.53 Å². The third-order valence-corrected chi connectivity index (χ3v) is 4.50. The quantitative estimate of drug-likeness (QED) is 0.518. The number of amides is 1. The second-order valence-electron chi connectivity index (χ2n) is 5.23. The molecule has 0 spiro atoms. The molecule has 21 heavy (non-hydrogen) atoms. The summed E-state index contributed by atoms with van der Waals surface area (Å²) in [5.41, 5.74) is 0. The van der Waals surface area contributed by atoms with E-state index in [2.05, 4.69) is 24.4 Å². The predicted molar refractivity (Wildman–Crippen MR) is 90.1 cm³/mol. The first-order chi connectivity index (χ1) is 10.2. The van der Waals surface area contributed by atoms with Crippen molar-refractivity contribution in [3.63, 3.8) is 0 Å². The van der Waals surface area contributed by atoms with E-state index in [9.17, 15) is 4.79 Å². The fraction of sp³-hybridized carbons (Fsp3) is 0.588. The molecular formula is C17H27NO2S. The summed E-state index contributed by atoms with van der Waals surface area (Å²) in [5.74, 6) is 1.85. The Morgan fingerprint density at radius 1 is 1.24 bits per heavy atom. The van der Waals surface area contributed by atoms with Gasteiger partial charge in [-0.15, -0.1) is 11.8 Å². The smallest absolute Gasteiger partial charge is 0.217 e. The van der Waals surface area contributed by atoms with Gasteiger partial charge in [-0.3, -0.25) is 4.79 Å². The van der Waals surface area contributed by atoms with Crippen molar-refractivity contribution in [3.05, 3.63) is 24.3 Å². The molecule has 0 aromatic heterocycles. The van der Waals surface area contributed by atoms with E-state index in [4.69, 9.17) is 4.74 Å². The van der Waals surface area contributed by atoms with Crippen LogP contribution in [0.4, 0.5) is 0 Å². The van der Waals surface area contributed by atoms with Crippen molar-refractivity contribution >= 4 is 17.7 Å². The number of methoxy groups -OCH3 is 1. The zero-order chi connectivity index (χ0) is 15.5. The maximum absolute atomic E-state index is 11.3. The second kappa shape index (κ2) is 10.6. The summed E-state index contributed by atoms with van der Waals surface area (Å²) in [7, 11) is 1.67. The number of unbranched alkanes of at least 4 members (excludes halogenated alkanes) is 3. The lowest BCUT2D eigenvalue weighted by molar-refractivity contribution is -0.119. The molecule has 1 amide bonds. The summed E-state index contributed by atoms with van der Waals surface area (Å²) in [4.78, 5) is 12.5. The van der Waals surface area contributed by atoms with Gasteiger partial charge in [-0.25, -0.2) is 0 Å². The maximum Gasteiger partial charge on any atom is 0.217 e. The fourth-order valence-corrected chi connectivity index (χ4v) is 3.14. The zero-order valence-corrected chi connectivity index (χ0v) is 14.2. The molecule has 1 unspecified atom stereocenters. The molecule has 1 atom stereocenters. The van der Waals surface area contributed by atoms with Crippen molar-refractivity contribution in [1.29, 1.82) is 0 Å². The molecule has 0 saturated heterocycles. The molecule has 0 saturated carbocycles. The van der Waals surface area contributed by atoms with Crippen molar-refractivity contribution in [2.45, 2.75) is 56.9 Å². The number of hydrogen-bond acceptors (Lipinski definition) is 3. The SMILES string of the molecule is CCCCCCC(CSc1ccc(OC)cc1)NC(C)=O. The largest absolute Gasteiger partial charge is 0.497 e.